The Labute approximate surface area is 174 Å². The highest BCUT2D eigenvalue weighted by Gasteiger charge is 2.27. The number of hydrogen-bond donors (Lipinski definition) is 1. The molecule has 0 bridgehead atoms. The van der Waals surface area contributed by atoms with Gasteiger partial charge in [0.2, 0.25) is 5.91 Å². The summed E-state index contributed by atoms with van der Waals surface area (Å²) >= 11 is 0. The van der Waals surface area contributed by atoms with Crippen LogP contribution in [0.2, 0.25) is 0 Å². The van der Waals surface area contributed by atoms with E-state index in [9.17, 15) is 22.0 Å². The number of amides is 1. The molecule has 0 heterocycles. The van der Waals surface area contributed by atoms with Crippen LogP contribution in [0, 0.1) is 18.6 Å². The Balaban J connectivity index is 1.84. The third kappa shape index (κ3) is 5.21. The normalized spacial score (nSPS) is 11.2. The number of anilines is 1. The van der Waals surface area contributed by atoms with Gasteiger partial charge in [0.05, 0.1) is 10.6 Å². The van der Waals surface area contributed by atoms with Gasteiger partial charge in [0.1, 0.15) is 18.2 Å². The molecular weight excluding hydrogens is 410 g/mol. The van der Waals surface area contributed by atoms with Crippen molar-refractivity contribution in [1.82, 2.24) is 5.32 Å². The van der Waals surface area contributed by atoms with Gasteiger partial charge < -0.3 is 5.32 Å². The fourth-order valence-electron chi connectivity index (χ4n) is 2.75. The summed E-state index contributed by atoms with van der Waals surface area (Å²) in [4.78, 5) is 12.5. The standard InChI is InChI=1S/C22H20F2N2O3S/c1-16-2-12-21(13-3-16)30(28,29)26(20-10-8-19(24)9-11-20)15-22(27)25-14-17-4-6-18(23)7-5-17/h2-13H,14-15H2,1H3,(H,25,27). The van der Waals surface area contributed by atoms with E-state index in [0.29, 0.717) is 5.56 Å². The lowest BCUT2D eigenvalue weighted by Crippen LogP contribution is -2.40. The number of carbonyl (C=O) groups excluding carboxylic acids is 1. The molecule has 0 atom stereocenters. The van der Waals surface area contributed by atoms with Crippen LogP contribution in [0.4, 0.5) is 14.5 Å². The molecule has 3 aromatic rings. The van der Waals surface area contributed by atoms with Crippen LogP contribution in [0.1, 0.15) is 11.1 Å². The number of benzene rings is 3. The first-order valence-corrected chi connectivity index (χ1v) is 10.6. The SMILES string of the molecule is Cc1ccc(S(=O)(=O)N(CC(=O)NCc2ccc(F)cc2)c2ccc(F)cc2)cc1. The molecular formula is C22H20F2N2O3S. The van der Waals surface area contributed by atoms with Crippen LogP contribution in [-0.4, -0.2) is 20.9 Å². The fourth-order valence-corrected chi connectivity index (χ4v) is 4.17. The average molecular weight is 430 g/mol. The summed E-state index contributed by atoms with van der Waals surface area (Å²) in [5.41, 5.74) is 1.72. The Hall–Kier alpha value is -3.26. The van der Waals surface area contributed by atoms with Crippen molar-refractivity contribution in [2.45, 2.75) is 18.4 Å². The van der Waals surface area contributed by atoms with Crippen LogP contribution in [0.25, 0.3) is 0 Å². The molecule has 1 amide bonds. The lowest BCUT2D eigenvalue weighted by molar-refractivity contribution is -0.119. The summed E-state index contributed by atoms with van der Waals surface area (Å²) in [6.07, 6.45) is 0. The van der Waals surface area contributed by atoms with E-state index in [4.69, 9.17) is 0 Å². The number of halogens is 2. The lowest BCUT2D eigenvalue weighted by atomic mass is 10.2. The van der Waals surface area contributed by atoms with E-state index in [0.717, 1.165) is 22.0 Å². The van der Waals surface area contributed by atoms with E-state index in [2.05, 4.69) is 5.32 Å². The number of aryl methyl sites for hydroxylation is 1. The summed E-state index contributed by atoms with van der Waals surface area (Å²) in [6, 6.07) is 16.7. The van der Waals surface area contributed by atoms with Gasteiger partial charge in [-0.2, -0.15) is 0 Å². The minimum absolute atomic E-state index is 0.0174. The number of nitrogens with one attached hydrogen (secondary N) is 1. The summed E-state index contributed by atoms with van der Waals surface area (Å²) in [5.74, 6) is -1.47. The van der Waals surface area contributed by atoms with E-state index in [-0.39, 0.29) is 17.1 Å². The van der Waals surface area contributed by atoms with E-state index < -0.39 is 34.1 Å². The summed E-state index contributed by atoms with van der Waals surface area (Å²) < 4.78 is 53.6. The molecule has 1 N–H and O–H groups in total. The van der Waals surface area contributed by atoms with Gasteiger partial charge in [0.15, 0.2) is 0 Å². The quantitative estimate of drug-likeness (QED) is 0.620. The summed E-state index contributed by atoms with van der Waals surface area (Å²) in [6.45, 7) is 1.45. The molecule has 0 fully saturated rings. The van der Waals surface area contributed by atoms with Gasteiger partial charge >= 0.3 is 0 Å². The Morgan fingerprint density at radius 1 is 0.867 bits per heavy atom. The Morgan fingerprint density at radius 2 is 1.40 bits per heavy atom. The monoisotopic (exact) mass is 430 g/mol. The molecule has 8 heteroatoms. The highest BCUT2D eigenvalue weighted by molar-refractivity contribution is 7.92. The van der Waals surface area contributed by atoms with E-state index in [1.54, 1.807) is 12.1 Å². The van der Waals surface area contributed by atoms with Crippen molar-refractivity contribution in [1.29, 1.82) is 0 Å². The highest BCUT2D eigenvalue weighted by Crippen LogP contribution is 2.24. The van der Waals surface area contributed by atoms with Gasteiger partial charge in [-0.05, 0) is 61.0 Å². The number of rotatable bonds is 7. The number of carbonyl (C=O) groups is 1. The molecule has 30 heavy (non-hydrogen) atoms. The van der Waals surface area contributed by atoms with Crippen molar-refractivity contribution in [2.24, 2.45) is 0 Å². The van der Waals surface area contributed by atoms with Crippen LogP contribution in [-0.2, 0) is 21.4 Å². The third-order valence-electron chi connectivity index (χ3n) is 4.41. The zero-order valence-corrected chi connectivity index (χ0v) is 17.0. The lowest BCUT2D eigenvalue weighted by Gasteiger charge is -2.24. The van der Waals surface area contributed by atoms with E-state index in [1.165, 1.54) is 48.5 Å². The highest BCUT2D eigenvalue weighted by atomic mass is 32.2. The molecule has 0 spiro atoms. The number of nitrogens with zero attached hydrogens (tertiary/aromatic N) is 1. The molecule has 0 aromatic heterocycles. The molecule has 3 rings (SSSR count). The second-order valence-electron chi connectivity index (χ2n) is 6.70. The average Bonchev–Trinajstić information content (AvgIpc) is 2.72. The molecule has 3 aromatic carbocycles. The second-order valence-corrected chi connectivity index (χ2v) is 8.57. The van der Waals surface area contributed by atoms with Gasteiger partial charge in [-0.3, -0.25) is 9.10 Å². The first-order chi connectivity index (χ1) is 14.3. The topological polar surface area (TPSA) is 66.5 Å². The molecule has 5 nitrogen and oxygen atoms in total. The molecule has 0 aliphatic heterocycles. The Kier molecular flexibility index (Phi) is 6.47. The van der Waals surface area contributed by atoms with Crippen molar-refractivity contribution < 1.29 is 22.0 Å². The molecule has 0 saturated heterocycles. The Morgan fingerprint density at radius 3 is 1.97 bits per heavy atom. The third-order valence-corrected chi connectivity index (χ3v) is 6.20. The van der Waals surface area contributed by atoms with Crippen LogP contribution in [0.3, 0.4) is 0 Å². The molecule has 0 saturated carbocycles. The maximum atomic E-state index is 13.3. The summed E-state index contributed by atoms with van der Waals surface area (Å²) in [5, 5.41) is 2.62. The number of sulfonamides is 1. The first-order valence-electron chi connectivity index (χ1n) is 9.12. The zero-order valence-electron chi connectivity index (χ0n) is 16.2. The van der Waals surface area contributed by atoms with Crippen molar-refractivity contribution in [2.75, 3.05) is 10.8 Å². The maximum absolute atomic E-state index is 13.3. The molecule has 0 aliphatic carbocycles. The minimum atomic E-state index is -4.07. The smallest absolute Gasteiger partial charge is 0.264 e. The van der Waals surface area contributed by atoms with Gasteiger partial charge in [0.25, 0.3) is 10.0 Å². The molecule has 156 valence electrons. The van der Waals surface area contributed by atoms with E-state index in [1.807, 2.05) is 6.92 Å². The molecule has 0 unspecified atom stereocenters. The van der Waals surface area contributed by atoms with Gasteiger partial charge in [-0.15, -0.1) is 0 Å². The van der Waals surface area contributed by atoms with Crippen molar-refractivity contribution in [3.8, 4) is 0 Å². The van der Waals surface area contributed by atoms with Crippen LogP contribution in [0.15, 0.2) is 77.7 Å². The van der Waals surface area contributed by atoms with E-state index >= 15 is 0 Å². The van der Waals surface area contributed by atoms with Gasteiger partial charge in [-0.25, -0.2) is 17.2 Å². The summed E-state index contributed by atoms with van der Waals surface area (Å²) in [7, 11) is -4.07. The zero-order chi connectivity index (χ0) is 21.7. The largest absolute Gasteiger partial charge is 0.350 e. The Bertz CT molecular complexity index is 1110. The van der Waals surface area contributed by atoms with Crippen molar-refractivity contribution in [3.05, 3.63) is 95.6 Å². The second kappa shape index (κ2) is 9.04. The van der Waals surface area contributed by atoms with Crippen LogP contribution >= 0.6 is 0 Å². The number of hydrogen-bond acceptors (Lipinski definition) is 3. The van der Waals surface area contributed by atoms with Crippen molar-refractivity contribution >= 4 is 21.6 Å². The maximum Gasteiger partial charge on any atom is 0.264 e. The predicted octanol–water partition coefficient (Wildman–Crippen LogP) is 3.78. The minimum Gasteiger partial charge on any atom is -0.350 e. The van der Waals surface area contributed by atoms with Gasteiger partial charge in [-0.1, -0.05) is 29.8 Å². The van der Waals surface area contributed by atoms with Crippen molar-refractivity contribution in [3.63, 3.8) is 0 Å². The fraction of sp³-hybridized carbons (Fsp3) is 0.136. The van der Waals surface area contributed by atoms with Gasteiger partial charge in [0, 0.05) is 6.54 Å². The van der Waals surface area contributed by atoms with Crippen LogP contribution in [0.5, 0.6) is 0 Å². The molecule has 0 radical (unpaired) electrons. The predicted molar refractivity (Wildman–Crippen MR) is 110 cm³/mol. The van der Waals surface area contributed by atoms with Crippen LogP contribution < -0.4 is 9.62 Å². The molecule has 0 aliphatic rings. The first kappa shape index (κ1) is 21.4.